The molecular formula is C61H43NO. The highest BCUT2D eigenvalue weighted by atomic mass is 16.3. The van der Waals surface area contributed by atoms with E-state index >= 15 is 0 Å². The van der Waals surface area contributed by atoms with Crippen molar-refractivity contribution in [2.45, 2.75) is 19.3 Å². The molecule has 11 aromatic rings. The topological polar surface area (TPSA) is 16.4 Å². The molecule has 0 radical (unpaired) electrons. The number of rotatable bonds is 7. The zero-order valence-electron chi connectivity index (χ0n) is 35.2. The van der Waals surface area contributed by atoms with Gasteiger partial charge in [-0.05, 0) is 114 Å². The summed E-state index contributed by atoms with van der Waals surface area (Å²) in [5.41, 5.74) is 19.9. The van der Waals surface area contributed by atoms with E-state index < -0.39 is 0 Å². The van der Waals surface area contributed by atoms with Crippen LogP contribution in [0.5, 0.6) is 0 Å². The Morgan fingerprint density at radius 2 is 0.841 bits per heavy atom. The second kappa shape index (κ2) is 14.6. The van der Waals surface area contributed by atoms with Gasteiger partial charge in [0.2, 0.25) is 0 Å². The van der Waals surface area contributed by atoms with Gasteiger partial charge in [-0.1, -0.05) is 196 Å². The molecule has 0 N–H and O–H groups in total. The Labute approximate surface area is 368 Å². The molecule has 0 unspecified atom stereocenters. The van der Waals surface area contributed by atoms with Crippen molar-refractivity contribution >= 4 is 49.8 Å². The molecule has 0 aliphatic heterocycles. The van der Waals surface area contributed by atoms with E-state index in [0.717, 1.165) is 39.0 Å². The molecule has 63 heavy (non-hydrogen) atoms. The van der Waals surface area contributed by atoms with E-state index in [4.69, 9.17) is 4.42 Å². The maximum Gasteiger partial charge on any atom is 0.137 e. The van der Waals surface area contributed by atoms with Crippen LogP contribution in [0, 0.1) is 0 Å². The number of benzene rings is 10. The van der Waals surface area contributed by atoms with E-state index in [2.05, 4.69) is 237 Å². The molecule has 0 saturated carbocycles. The lowest BCUT2D eigenvalue weighted by Crippen LogP contribution is -2.16. The quantitative estimate of drug-likeness (QED) is 0.160. The summed E-state index contributed by atoms with van der Waals surface area (Å²) in [7, 11) is 0. The van der Waals surface area contributed by atoms with Crippen LogP contribution in [0.1, 0.15) is 25.0 Å². The molecule has 2 nitrogen and oxygen atoms in total. The summed E-state index contributed by atoms with van der Waals surface area (Å²) in [5.74, 6) is 0. The van der Waals surface area contributed by atoms with Gasteiger partial charge in [-0.25, -0.2) is 0 Å². The number of anilines is 3. The highest BCUT2D eigenvalue weighted by molar-refractivity contribution is 6.14. The molecule has 1 aromatic heterocycles. The molecule has 10 aromatic carbocycles. The van der Waals surface area contributed by atoms with Crippen LogP contribution in [0.25, 0.3) is 88.3 Å². The first kappa shape index (κ1) is 36.9. The van der Waals surface area contributed by atoms with Crippen molar-refractivity contribution in [2.24, 2.45) is 0 Å². The summed E-state index contributed by atoms with van der Waals surface area (Å²) in [6.07, 6.45) is 0. The molecule has 0 atom stereocenters. The third-order valence-corrected chi connectivity index (χ3v) is 13.3. The predicted octanol–water partition coefficient (Wildman–Crippen LogP) is 17.2. The normalized spacial score (nSPS) is 12.7. The van der Waals surface area contributed by atoms with Crippen molar-refractivity contribution < 1.29 is 4.42 Å². The molecule has 1 aliphatic carbocycles. The monoisotopic (exact) mass is 805 g/mol. The maximum atomic E-state index is 6.44. The minimum atomic E-state index is -0.119. The van der Waals surface area contributed by atoms with Crippen LogP contribution in [-0.2, 0) is 5.41 Å². The van der Waals surface area contributed by atoms with Crippen LogP contribution in [0.15, 0.2) is 229 Å². The minimum absolute atomic E-state index is 0.119. The van der Waals surface area contributed by atoms with E-state index in [0.29, 0.717) is 0 Å². The highest BCUT2D eigenvalue weighted by Crippen LogP contribution is 2.55. The molecule has 1 aliphatic rings. The Morgan fingerprint density at radius 1 is 0.365 bits per heavy atom. The summed E-state index contributed by atoms with van der Waals surface area (Å²) in [5, 5.41) is 4.75. The number of hydrogen-bond acceptors (Lipinski definition) is 2. The van der Waals surface area contributed by atoms with Crippen LogP contribution in [0.2, 0.25) is 0 Å². The van der Waals surface area contributed by atoms with Crippen LogP contribution in [-0.4, -0.2) is 0 Å². The van der Waals surface area contributed by atoms with Crippen molar-refractivity contribution in [2.75, 3.05) is 4.90 Å². The Morgan fingerprint density at radius 3 is 1.51 bits per heavy atom. The first-order valence-corrected chi connectivity index (χ1v) is 21.8. The zero-order chi connectivity index (χ0) is 42.1. The number of furan rings is 1. The van der Waals surface area contributed by atoms with Crippen molar-refractivity contribution in [1.29, 1.82) is 0 Å². The fourth-order valence-corrected chi connectivity index (χ4v) is 10.0. The number of nitrogens with zero attached hydrogens (tertiary/aromatic N) is 1. The van der Waals surface area contributed by atoms with Gasteiger partial charge in [0.25, 0.3) is 0 Å². The third kappa shape index (κ3) is 6.17. The average Bonchev–Trinajstić information content (AvgIpc) is 3.84. The second-order valence-corrected chi connectivity index (χ2v) is 17.3. The lowest BCUT2D eigenvalue weighted by atomic mass is 9.82. The summed E-state index contributed by atoms with van der Waals surface area (Å²) < 4.78 is 6.44. The summed E-state index contributed by atoms with van der Waals surface area (Å²) in [6, 6.07) is 81.5. The van der Waals surface area contributed by atoms with Gasteiger partial charge < -0.3 is 9.32 Å². The summed E-state index contributed by atoms with van der Waals surface area (Å²) in [6.45, 7) is 4.69. The Balaban J connectivity index is 0.855. The SMILES string of the molecule is CC1(C)c2ccccc2-c2c(N(c3ccc(-c4ccc(-c5ccc(-c6ccc(-c7ccc8ccccc8c7)cc6)cc5)cc4)cc3)c3cccc4oc5ccccc5c34)cccc21. The minimum Gasteiger partial charge on any atom is -0.456 e. The molecule has 298 valence electrons. The largest absolute Gasteiger partial charge is 0.456 e. The van der Waals surface area contributed by atoms with Gasteiger partial charge in [-0.3, -0.25) is 0 Å². The molecule has 12 rings (SSSR count). The molecule has 0 spiro atoms. The predicted molar refractivity (Wildman–Crippen MR) is 265 cm³/mol. The Bertz CT molecular complexity index is 3500. The molecule has 0 amide bonds. The fourth-order valence-electron chi connectivity index (χ4n) is 10.0. The van der Waals surface area contributed by atoms with E-state index in [1.165, 1.54) is 77.5 Å². The molecule has 0 fully saturated rings. The number of hydrogen-bond donors (Lipinski definition) is 0. The molecule has 0 bridgehead atoms. The van der Waals surface area contributed by atoms with Crippen molar-refractivity contribution in [1.82, 2.24) is 0 Å². The first-order valence-electron chi connectivity index (χ1n) is 21.8. The van der Waals surface area contributed by atoms with Crippen molar-refractivity contribution in [3.8, 4) is 55.6 Å². The lowest BCUT2D eigenvalue weighted by molar-refractivity contribution is 0.660. The average molecular weight is 806 g/mol. The molecule has 0 saturated heterocycles. The van der Waals surface area contributed by atoms with Gasteiger partial charge in [-0.15, -0.1) is 0 Å². The Kier molecular flexibility index (Phi) is 8.55. The van der Waals surface area contributed by atoms with E-state index in [1.807, 2.05) is 6.07 Å². The summed E-state index contributed by atoms with van der Waals surface area (Å²) >= 11 is 0. The molecular weight excluding hydrogens is 763 g/mol. The second-order valence-electron chi connectivity index (χ2n) is 17.3. The highest BCUT2D eigenvalue weighted by Gasteiger charge is 2.38. The van der Waals surface area contributed by atoms with Crippen molar-refractivity contribution in [3.63, 3.8) is 0 Å². The van der Waals surface area contributed by atoms with Gasteiger partial charge >= 0.3 is 0 Å². The van der Waals surface area contributed by atoms with E-state index in [-0.39, 0.29) is 5.41 Å². The smallest absolute Gasteiger partial charge is 0.137 e. The number of fused-ring (bicyclic) bond motifs is 7. The standard InChI is InChI=1S/C61H43NO/c1-61(2)53-15-7-5-13-51(53)59-54(61)16-9-17-55(59)62(56-18-10-20-58-60(56)52-14-6-8-19-57(52)63-58)50-37-35-46(36-38-50)45-27-25-42(26-28-45)41-21-23-43(24-22-41)44-29-31-47(32-30-44)49-34-33-40-11-3-4-12-48(40)39-49/h3-39H,1-2H3. The van der Waals surface area contributed by atoms with Crippen LogP contribution >= 0.6 is 0 Å². The fraction of sp³-hybridized carbons (Fsp3) is 0.0492. The summed E-state index contributed by atoms with van der Waals surface area (Å²) in [4.78, 5) is 2.44. The van der Waals surface area contributed by atoms with E-state index in [9.17, 15) is 0 Å². The molecule has 2 heteroatoms. The third-order valence-electron chi connectivity index (χ3n) is 13.3. The van der Waals surface area contributed by atoms with Gasteiger partial charge in [0.05, 0.1) is 16.8 Å². The lowest BCUT2D eigenvalue weighted by Gasteiger charge is -2.29. The van der Waals surface area contributed by atoms with Crippen molar-refractivity contribution in [3.05, 3.63) is 236 Å². The molecule has 1 heterocycles. The Hall–Kier alpha value is -7.94. The van der Waals surface area contributed by atoms with Crippen LogP contribution in [0.4, 0.5) is 17.1 Å². The van der Waals surface area contributed by atoms with Gasteiger partial charge in [-0.2, -0.15) is 0 Å². The first-order chi connectivity index (χ1) is 31.0. The van der Waals surface area contributed by atoms with Gasteiger partial charge in [0.15, 0.2) is 0 Å². The van der Waals surface area contributed by atoms with Crippen LogP contribution < -0.4 is 4.90 Å². The van der Waals surface area contributed by atoms with E-state index in [1.54, 1.807) is 0 Å². The zero-order valence-corrected chi connectivity index (χ0v) is 35.2. The van der Waals surface area contributed by atoms with Gasteiger partial charge in [0, 0.05) is 22.1 Å². The van der Waals surface area contributed by atoms with Gasteiger partial charge in [0.1, 0.15) is 11.2 Å². The van der Waals surface area contributed by atoms with Crippen LogP contribution in [0.3, 0.4) is 0 Å². The maximum absolute atomic E-state index is 6.44. The number of para-hydroxylation sites is 1.